The molecule has 31 heavy (non-hydrogen) atoms. The second kappa shape index (κ2) is 9.03. The van der Waals surface area contributed by atoms with Crippen LogP contribution in [0.2, 0.25) is 5.02 Å². The topological polar surface area (TPSA) is 131 Å². The molecule has 2 aromatic rings. The minimum Gasteiger partial charge on any atom is -0.506 e. The highest BCUT2D eigenvalue weighted by molar-refractivity contribution is 7.93. The van der Waals surface area contributed by atoms with Crippen LogP contribution in [0.5, 0.6) is 17.2 Å². The van der Waals surface area contributed by atoms with E-state index in [0.29, 0.717) is 18.4 Å². The summed E-state index contributed by atoms with van der Waals surface area (Å²) in [4.78, 5) is 23.3. The van der Waals surface area contributed by atoms with Gasteiger partial charge in [-0.05, 0) is 56.5 Å². The van der Waals surface area contributed by atoms with Gasteiger partial charge in [-0.2, -0.15) is 0 Å². The van der Waals surface area contributed by atoms with E-state index in [-0.39, 0.29) is 40.3 Å². The van der Waals surface area contributed by atoms with Crippen molar-refractivity contribution in [1.82, 2.24) is 0 Å². The number of hydrogen-bond donors (Lipinski definition) is 3. The smallest absolute Gasteiger partial charge is 0.397 e. The number of benzene rings is 2. The monoisotopic (exact) mass is 468 g/mol. The number of anilines is 2. The van der Waals surface area contributed by atoms with Crippen molar-refractivity contribution in [2.45, 2.75) is 31.9 Å². The van der Waals surface area contributed by atoms with E-state index in [4.69, 9.17) is 16.3 Å². The minimum atomic E-state index is -3.57. The number of esters is 1. The Morgan fingerprint density at radius 1 is 1.23 bits per heavy atom. The van der Waals surface area contributed by atoms with Gasteiger partial charge in [0, 0.05) is 11.8 Å². The van der Waals surface area contributed by atoms with Crippen LogP contribution in [0.15, 0.2) is 30.3 Å². The number of phenols is 1. The van der Waals surface area contributed by atoms with E-state index in [9.17, 15) is 23.1 Å². The quantitative estimate of drug-likeness (QED) is 0.321. The Bertz CT molecular complexity index is 1110. The van der Waals surface area contributed by atoms with E-state index in [1.807, 2.05) is 0 Å². The molecule has 9 nitrogen and oxygen atoms in total. The molecule has 0 bridgehead atoms. The Morgan fingerprint density at radius 3 is 2.55 bits per heavy atom. The molecule has 0 atom stereocenters. The maximum absolute atomic E-state index is 12.2. The van der Waals surface area contributed by atoms with Gasteiger partial charge in [0.25, 0.3) is 0 Å². The highest BCUT2D eigenvalue weighted by Gasteiger charge is 2.36. The maximum Gasteiger partial charge on any atom is 0.397 e. The predicted molar refractivity (Wildman–Crippen MR) is 115 cm³/mol. The zero-order valence-corrected chi connectivity index (χ0v) is 18.3. The molecular weight excluding hydrogens is 448 g/mol. The lowest BCUT2D eigenvalue weighted by Gasteiger charge is -2.15. The number of phenolic OH excluding ortho intramolecular Hbond substituents is 1. The summed E-state index contributed by atoms with van der Waals surface area (Å²) in [6.07, 6.45) is 1.17. The molecule has 0 aromatic heterocycles. The van der Waals surface area contributed by atoms with Gasteiger partial charge in [-0.25, -0.2) is 13.2 Å². The van der Waals surface area contributed by atoms with E-state index < -0.39 is 27.1 Å². The molecule has 0 spiro atoms. The Morgan fingerprint density at radius 2 is 1.94 bits per heavy atom. The molecule has 0 unspecified atom stereocenters. The van der Waals surface area contributed by atoms with Crippen LogP contribution >= 0.6 is 11.6 Å². The fourth-order valence-electron chi connectivity index (χ4n) is 2.70. The number of amides is 1. The van der Waals surface area contributed by atoms with Crippen molar-refractivity contribution in [3.63, 3.8) is 0 Å². The first-order chi connectivity index (χ1) is 14.6. The standard InChI is InChI=1S/C20H21ClN2O7S/c1-3-29-20(26)19(25)22-12-8-11(2)18(15(21)9-12)30-13-4-7-17(24)16(10-13)23-31(27,28)14-5-6-14/h4,7-10,14,23-24H,3,5-6H2,1-2H3,(H,22,25). The Kier molecular flexibility index (Phi) is 6.61. The lowest BCUT2D eigenvalue weighted by molar-refractivity contribution is -0.152. The SMILES string of the molecule is CCOC(=O)C(=O)Nc1cc(C)c(Oc2ccc(O)c(NS(=O)(=O)C3CC3)c2)c(Cl)c1. The van der Waals surface area contributed by atoms with Crippen LogP contribution in [-0.2, 0) is 24.3 Å². The van der Waals surface area contributed by atoms with Gasteiger partial charge >= 0.3 is 11.9 Å². The average molecular weight is 469 g/mol. The molecule has 0 heterocycles. The molecule has 1 amide bonds. The lowest BCUT2D eigenvalue weighted by Crippen LogP contribution is -2.25. The second-order valence-corrected chi connectivity index (χ2v) is 9.27. The molecule has 0 saturated heterocycles. The van der Waals surface area contributed by atoms with E-state index in [2.05, 4.69) is 14.8 Å². The van der Waals surface area contributed by atoms with Crippen LogP contribution in [0.25, 0.3) is 0 Å². The van der Waals surface area contributed by atoms with Gasteiger partial charge in [0.1, 0.15) is 17.2 Å². The normalized spacial score (nSPS) is 13.4. The molecule has 166 valence electrons. The van der Waals surface area contributed by atoms with Crippen molar-refractivity contribution < 1.29 is 32.6 Å². The van der Waals surface area contributed by atoms with Crippen molar-refractivity contribution in [2.24, 2.45) is 0 Å². The van der Waals surface area contributed by atoms with Gasteiger partial charge in [-0.1, -0.05) is 11.6 Å². The fourth-order valence-corrected chi connectivity index (χ4v) is 4.40. The molecule has 0 aliphatic heterocycles. The largest absolute Gasteiger partial charge is 0.506 e. The number of aromatic hydroxyl groups is 1. The van der Waals surface area contributed by atoms with Crippen molar-refractivity contribution in [2.75, 3.05) is 16.6 Å². The molecular formula is C20H21ClN2O7S. The zero-order valence-electron chi connectivity index (χ0n) is 16.8. The van der Waals surface area contributed by atoms with Gasteiger partial charge in [0.05, 0.1) is 22.6 Å². The third-order valence-corrected chi connectivity index (χ3v) is 6.49. The van der Waals surface area contributed by atoms with Gasteiger partial charge < -0.3 is 19.9 Å². The van der Waals surface area contributed by atoms with Crippen LogP contribution in [0.4, 0.5) is 11.4 Å². The van der Waals surface area contributed by atoms with Gasteiger partial charge in [0.15, 0.2) is 0 Å². The first-order valence-corrected chi connectivity index (χ1v) is 11.3. The maximum atomic E-state index is 12.2. The van der Waals surface area contributed by atoms with Crippen LogP contribution in [0, 0.1) is 6.92 Å². The number of carbonyl (C=O) groups excluding carboxylic acids is 2. The number of sulfonamides is 1. The van der Waals surface area contributed by atoms with Gasteiger partial charge in [-0.15, -0.1) is 0 Å². The van der Waals surface area contributed by atoms with Crippen molar-refractivity contribution in [3.05, 3.63) is 40.9 Å². The van der Waals surface area contributed by atoms with Crippen LogP contribution in [0.1, 0.15) is 25.3 Å². The number of nitrogens with one attached hydrogen (secondary N) is 2. The summed E-state index contributed by atoms with van der Waals surface area (Å²) in [6.45, 7) is 3.34. The molecule has 1 aliphatic rings. The van der Waals surface area contributed by atoms with Crippen LogP contribution < -0.4 is 14.8 Å². The number of rotatable bonds is 7. The third kappa shape index (κ3) is 5.59. The van der Waals surface area contributed by atoms with Crippen molar-refractivity contribution in [3.8, 4) is 17.2 Å². The second-order valence-electron chi connectivity index (χ2n) is 6.91. The number of halogens is 1. The summed E-state index contributed by atoms with van der Waals surface area (Å²) < 4.78 is 37.1. The summed E-state index contributed by atoms with van der Waals surface area (Å²) in [5, 5.41) is 12.1. The molecule has 1 fully saturated rings. The number of carbonyl (C=O) groups is 2. The first-order valence-electron chi connectivity index (χ1n) is 9.41. The molecule has 1 saturated carbocycles. The van der Waals surface area contributed by atoms with Crippen molar-refractivity contribution >= 4 is 44.9 Å². The number of aryl methyl sites for hydroxylation is 1. The third-order valence-electron chi connectivity index (χ3n) is 4.35. The molecule has 1 aliphatic carbocycles. The summed E-state index contributed by atoms with van der Waals surface area (Å²) in [7, 11) is -3.57. The summed E-state index contributed by atoms with van der Waals surface area (Å²) in [5.74, 6) is -1.69. The fraction of sp³-hybridized carbons (Fsp3) is 0.300. The van der Waals surface area contributed by atoms with Crippen LogP contribution in [0.3, 0.4) is 0 Å². The molecule has 11 heteroatoms. The highest BCUT2D eigenvalue weighted by Crippen LogP contribution is 2.38. The molecule has 3 N–H and O–H groups in total. The average Bonchev–Trinajstić information content (AvgIpc) is 3.53. The molecule has 2 aromatic carbocycles. The predicted octanol–water partition coefficient (Wildman–Crippen LogP) is 3.55. The molecule has 0 radical (unpaired) electrons. The Hall–Kier alpha value is -2.98. The first kappa shape index (κ1) is 22.7. The zero-order chi connectivity index (χ0) is 22.8. The Balaban J connectivity index is 1.79. The van der Waals surface area contributed by atoms with Gasteiger partial charge in [0.2, 0.25) is 10.0 Å². The number of hydrogen-bond acceptors (Lipinski definition) is 7. The minimum absolute atomic E-state index is 0.00324. The van der Waals surface area contributed by atoms with Crippen molar-refractivity contribution in [1.29, 1.82) is 0 Å². The lowest BCUT2D eigenvalue weighted by atomic mass is 10.2. The van der Waals surface area contributed by atoms with E-state index in [1.165, 1.54) is 24.3 Å². The van der Waals surface area contributed by atoms with Gasteiger partial charge in [-0.3, -0.25) is 9.52 Å². The van der Waals surface area contributed by atoms with Crippen LogP contribution in [-0.4, -0.2) is 37.3 Å². The summed E-state index contributed by atoms with van der Waals surface area (Å²) >= 11 is 6.28. The molecule has 3 rings (SSSR count). The Labute approximate surface area is 184 Å². The number of ether oxygens (including phenoxy) is 2. The highest BCUT2D eigenvalue weighted by atomic mass is 35.5. The van der Waals surface area contributed by atoms with E-state index in [1.54, 1.807) is 19.9 Å². The summed E-state index contributed by atoms with van der Waals surface area (Å²) in [5.41, 5.74) is 0.813. The summed E-state index contributed by atoms with van der Waals surface area (Å²) in [6, 6.07) is 7.06. The van der Waals surface area contributed by atoms with E-state index in [0.717, 1.165) is 0 Å². The van der Waals surface area contributed by atoms with E-state index >= 15 is 0 Å².